The zero-order valence-corrected chi connectivity index (χ0v) is 9.87. The van der Waals surface area contributed by atoms with Gasteiger partial charge in [-0.05, 0) is 34.2 Å². The number of alkyl halides is 3. The third-order valence-electron chi connectivity index (χ3n) is 1.38. The summed E-state index contributed by atoms with van der Waals surface area (Å²) in [6, 6.07) is 1.27. The molecule has 0 amide bonds. The third-order valence-corrected chi connectivity index (χ3v) is 3.46. The van der Waals surface area contributed by atoms with E-state index in [0.717, 1.165) is 0 Å². The Hall–Kier alpha value is 0.320. The van der Waals surface area contributed by atoms with Gasteiger partial charge in [0.05, 0.1) is 3.57 Å². The van der Waals surface area contributed by atoms with Crippen molar-refractivity contribution in [2.45, 2.75) is 12.3 Å². The summed E-state index contributed by atoms with van der Waals surface area (Å²) in [6.45, 7) is 0. The summed E-state index contributed by atoms with van der Waals surface area (Å²) in [6.07, 6.45) is -2.61. The molecule has 0 saturated carbocycles. The maximum atomic E-state index is 12.2. The van der Waals surface area contributed by atoms with Crippen LogP contribution in [-0.4, -0.2) is 4.98 Å². The molecule has 0 spiro atoms. The van der Waals surface area contributed by atoms with Crippen molar-refractivity contribution in [2.24, 2.45) is 0 Å². The largest absolute Gasteiger partial charge is 0.280 e. The van der Waals surface area contributed by atoms with Crippen LogP contribution in [0.25, 0.3) is 0 Å². The Morgan fingerprint density at radius 2 is 2.15 bits per heavy atom. The number of rotatable bonds is 2. The molecule has 0 saturated heterocycles. The van der Waals surface area contributed by atoms with Crippen molar-refractivity contribution >= 4 is 45.8 Å². The summed E-state index contributed by atoms with van der Waals surface area (Å²) in [5.41, 5.74) is 0.249. The minimum Gasteiger partial charge on any atom is -0.234 e. The molecule has 1 rings (SSSR count). The molecule has 1 aromatic rings. The van der Waals surface area contributed by atoms with Gasteiger partial charge in [0.25, 0.3) is 6.43 Å². The lowest BCUT2D eigenvalue weighted by Gasteiger charge is -2.05. The van der Waals surface area contributed by atoms with Crippen LogP contribution in [0.3, 0.4) is 0 Å². The van der Waals surface area contributed by atoms with Gasteiger partial charge < -0.3 is 0 Å². The lowest BCUT2D eigenvalue weighted by Crippen LogP contribution is -1.96. The van der Waals surface area contributed by atoms with Crippen molar-refractivity contribution in [3.05, 3.63) is 26.0 Å². The molecule has 13 heavy (non-hydrogen) atoms. The zero-order chi connectivity index (χ0) is 10.0. The second-order valence-electron chi connectivity index (χ2n) is 2.25. The first-order valence-electron chi connectivity index (χ1n) is 3.25. The van der Waals surface area contributed by atoms with Crippen LogP contribution in [0.1, 0.15) is 17.7 Å². The highest BCUT2D eigenvalue weighted by Gasteiger charge is 2.14. The smallest absolute Gasteiger partial charge is 0.234 e. The average molecular weight is 338 g/mol. The van der Waals surface area contributed by atoms with Crippen molar-refractivity contribution in [3.63, 3.8) is 0 Å². The molecule has 0 aliphatic carbocycles. The standard InChI is InChI=1S/C7H4Cl2F2IN/c8-2-3-1-4(7(10)11)13-6(9)5(3)12/h1,7H,2H2. The van der Waals surface area contributed by atoms with Gasteiger partial charge in [-0.3, -0.25) is 0 Å². The van der Waals surface area contributed by atoms with E-state index in [1.807, 2.05) is 22.6 Å². The molecular weight excluding hydrogens is 334 g/mol. The van der Waals surface area contributed by atoms with E-state index < -0.39 is 6.43 Å². The van der Waals surface area contributed by atoms with Gasteiger partial charge in [0.15, 0.2) is 0 Å². The highest BCUT2D eigenvalue weighted by Crippen LogP contribution is 2.26. The molecule has 0 aliphatic heterocycles. The van der Waals surface area contributed by atoms with Gasteiger partial charge >= 0.3 is 0 Å². The maximum Gasteiger partial charge on any atom is 0.280 e. The molecule has 0 aromatic carbocycles. The van der Waals surface area contributed by atoms with Crippen LogP contribution in [0.2, 0.25) is 5.15 Å². The van der Waals surface area contributed by atoms with Gasteiger partial charge in [0, 0.05) is 5.88 Å². The van der Waals surface area contributed by atoms with E-state index >= 15 is 0 Å². The second kappa shape index (κ2) is 4.70. The third kappa shape index (κ3) is 2.63. The molecule has 0 N–H and O–H groups in total. The van der Waals surface area contributed by atoms with Crippen LogP contribution in [0.4, 0.5) is 8.78 Å². The Morgan fingerprint density at radius 1 is 1.54 bits per heavy atom. The lowest BCUT2D eigenvalue weighted by molar-refractivity contribution is 0.146. The topological polar surface area (TPSA) is 12.9 Å². The summed E-state index contributed by atoms with van der Waals surface area (Å²) >= 11 is 13.1. The van der Waals surface area contributed by atoms with Crippen molar-refractivity contribution in [1.82, 2.24) is 4.98 Å². The highest BCUT2D eigenvalue weighted by atomic mass is 127. The molecule has 0 atom stereocenters. The Kier molecular flexibility index (Phi) is 4.12. The molecule has 1 nitrogen and oxygen atoms in total. The normalized spacial score (nSPS) is 10.9. The molecule has 72 valence electrons. The van der Waals surface area contributed by atoms with Gasteiger partial charge in [-0.15, -0.1) is 11.6 Å². The van der Waals surface area contributed by atoms with Crippen LogP contribution < -0.4 is 0 Å². The summed E-state index contributed by atoms with van der Waals surface area (Å²) in [5.74, 6) is 0.153. The fourth-order valence-electron chi connectivity index (χ4n) is 0.778. The lowest BCUT2D eigenvalue weighted by atomic mass is 10.2. The Labute approximate surface area is 97.6 Å². The van der Waals surface area contributed by atoms with E-state index in [-0.39, 0.29) is 16.7 Å². The predicted octanol–water partition coefficient (Wildman–Crippen LogP) is 4.02. The molecule has 6 heteroatoms. The average Bonchev–Trinajstić information content (AvgIpc) is 2.09. The summed E-state index contributed by atoms with van der Waals surface area (Å²) in [7, 11) is 0. The first kappa shape index (κ1) is 11.4. The first-order chi connectivity index (χ1) is 6.06. The number of halogens is 5. The fourth-order valence-corrected chi connectivity index (χ4v) is 1.90. The molecule has 1 heterocycles. The number of aromatic nitrogens is 1. The summed E-state index contributed by atoms with van der Waals surface area (Å²) in [5, 5.41) is 0.0778. The predicted molar refractivity (Wildman–Crippen MR) is 56.5 cm³/mol. The molecule has 0 aliphatic rings. The highest BCUT2D eigenvalue weighted by molar-refractivity contribution is 14.1. The molecule has 0 radical (unpaired) electrons. The quantitative estimate of drug-likeness (QED) is 0.451. The Morgan fingerprint density at radius 3 is 2.62 bits per heavy atom. The maximum absolute atomic E-state index is 12.2. The van der Waals surface area contributed by atoms with Crippen molar-refractivity contribution < 1.29 is 8.78 Å². The molecule has 0 unspecified atom stereocenters. The van der Waals surface area contributed by atoms with Crippen LogP contribution in [0, 0.1) is 3.57 Å². The molecular formula is C7H4Cl2F2IN. The minimum absolute atomic E-state index is 0.0778. The van der Waals surface area contributed by atoms with Crippen LogP contribution in [-0.2, 0) is 5.88 Å². The van der Waals surface area contributed by atoms with E-state index in [1.54, 1.807) is 0 Å². The first-order valence-corrected chi connectivity index (χ1v) is 5.24. The van der Waals surface area contributed by atoms with Gasteiger partial charge in [-0.1, -0.05) is 11.6 Å². The molecule has 0 bridgehead atoms. The monoisotopic (exact) mass is 337 g/mol. The van der Waals surface area contributed by atoms with Crippen LogP contribution in [0.5, 0.6) is 0 Å². The number of hydrogen-bond acceptors (Lipinski definition) is 1. The number of nitrogens with zero attached hydrogens (tertiary/aromatic N) is 1. The van der Waals surface area contributed by atoms with Gasteiger partial charge in [-0.25, -0.2) is 13.8 Å². The van der Waals surface area contributed by atoms with E-state index in [1.165, 1.54) is 6.07 Å². The minimum atomic E-state index is -2.61. The molecule has 0 fully saturated rings. The van der Waals surface area contributed by atoms with Crippen LogP contribution >= 0.6 is 45.8 Å². The Balaban J connectivity index is 3.22. The molecule has 1 aromatic heterocycles. The van der Waals surface area contributed by atoms with E-state index in [9.17, 15) is 8.78 Å². The second-order valence-corrected chi connectivity index (χ2v) is 3.95. The summed E-state index contributed by atoms with van der Waals surface area (Å²) < 4.78 is 25.1. The van der Waals surface area contributed by atoms with E-state index in [2.05, 4.69) is 4.98 Å². The SMILES string of the molecule is FC(F)c1cc(CCl)c(I)c(Cl)n1. The zero-order valence-electron chi connectivity index (χ0n) is 6.20. The van der Waals surface area contributed by atoms with Crippen LogP contribution in [0.15, 0.2) is 6.07 Å². The van der Waals surface area contributed by atoms with Gasteiger partial charge in [0.1, 0.15) is 10.8 Å². The van der Waals surface area contributed by atoms with E-state index in [0.29, 0.717) is 9.13 Å². The fraction of sp³-hybridized carbons (Fsp3) is 0.286. The van der Waals surface area contributed by atoms with Crippen molar-refractivity contribution in [3.8, 4) is 0 Å². The van der Waals surface area contributed by atoms with Gasteiger partial charge in [-0.2, -0.15) is 0 Å². The van der Waals surface area contributed by atoms with Crippen molar-refractivity contribution in [2.75, 3.05) is 0 Å². The number of hydrogen-bond donors (Lipinski definition) is 0. The summed E-state index contributed by atoms with van der Waals surface area (Å²) in [4.78, 5) is 3.53. The number of pyridine rings is 1. The van der Waals surface area contributed by atoms with Gasteiger partial charge in [0.2, 0.25) is 0 Å². The Bertz CT molecular complexity index is 320. The van der Waals surface area contributed by atoms with E-state index in [4.69, 9.17) is 23.2 Å². The van der Waals surface area contributed by atoms with Crippen molar-refractivity contribution in [1.29, 1.82) is 0 Å².